The van der Waals surface area contributed by atoms with E-state index >= 15 is 0 Å². The molecule has 164 valence electrons. The first-order chi connectivity index (χ1) is 14.3. The number of sulfonamides is 1. The van der Waals surface area contributed by atoms with Crippen molar-refractivity contribution in [3.63, 3.8) is 0 Å². The van der Waals surface area contributed by atoms with Crippen molar-refractivity contribution >= 4 is 33.8 Å². The van der Waals surface area contributed by atoms with Gasteiger partial charge in [-0.25, -0.2) is 17.7 Å². The van der Waals surface area contributed by atoms with Crippen LogP contribution >= 0.6 is 0 Å². The molecule has 1 aromatic carbocycles. The Bertz CT molecular complexity index is 1250. The molecule has 1 aliphatic heterocycles. The number of fused-ring (bicyclic) bond motifs is 1. The molecule has 9 heteroatoms. The summed E-state index contributed by atoms with van der Waals surface area (Å²) in [6, 6.07) is 9.19. The van der Waals surface area contributed by atoms with Crippen LogP contribution in [0.4, 0.5) is 0 Å². The van der Waals surface area contributed by atoms with Crippen LogP contribution in [-0.4, -0.2) is 55.1 Å². The van der Waals surface area contributed by atoms with Crippen molar-refractivity contribution in [1.29, 1.82) is 0 Å². The molecule has 1 saturated heterocycles. The molecule has 1 aliphatic rings. The Morgan fingerprint density at radius 1 is 1.03 bits per heavy atom. The number of aryl methyl sites for hydroxylation is 1. The largest absolute Gasteiger partial charge is 0.512 e. The van der Waals surface area contributed by atoms with Gasteiger partial charge < -0.3 is 14.3 Å². The van der Waals surface area contributed by atoms with Crippen molar-refractivity contribution in [1.82, 2.24) is 14.3 Å². The Morgan fingerprint density at radius 3 is 2.26 bits per heavy atom. The van der Waals surface area contributed by atoms with E-state index in [4.69, 9.17) is 9.31 Å². The zero-order valence-electron chi connectivity index (χ0n) is 19.0. The number of rotatable bonds is 4. The van der Waals surface area contributed by atoms with Crippen LogP contribution < -0.4 is 5.59 Å². The Balaban J connectivity index is 1.68. The fraction of sp³-hybridized carbons (Fsp3) is 0.409. The van der Waals surface area contributed by atoms with Gasteiger partial charge in [-0.1, -0.05) is 6.07 Å². The molecule has 0 atom stereocenters. The first kappa shape index (κ1) is 22.0. The first-order valence-corrected chi connectivity index (χ1v) is 11.6. The van der Waals surface area contributed by atoms with Crippen LogP contribution in [-0.2, 0) is 19.3 Å². The van der Waals surface area contributed by atoms with Gasteiger partial charge in [-0.15, -0.1) is 0 Å². The number of H-pyrrole nitrogens is 1. The van der Waals surface area contributed by atoms with Gasteiger partial charge in [0.1, 0.15) is 5.65 Å². The van der Waals surface area contributed by atoms with Crippen LogP contribution in [0.3, 0.4) is 0 Å². The Kier molecular flexibility index (Phi) is 5.09. The maximum atomic E-state index is 12.4. The quantitative estimate of drug-likeness (QED) is 0.629. The number of hydrogen-bond donors (Lipinski definition) is 1. The Morgan fingerprint density at radius 2 is 1.68 bits per heavy atom. The second-order valence-electron chi connectivity index (χ2n) is 9.24. The molecular formula is C22H28BN3O4S. The van der Waals surface area contributed by atoms with Gasteiger partial charge in [-0.3, -0.25) is 0 Å². The Labute approximate surface area is 184 Å². The summed E-state index contributed by atoms with van der Waals surface area (Å²) < 4.78 is 38.3. The lowest BCUT2D eigenvalue weighted by atomic mass is 9.85. The van der Waals surface area contributed by atoms with E-state index in [0.29, 0.717) is 0 Å². The maximum Gasteiger partial charge on any atom is 0.512 e. The molecule has 0 radical (unpaired) electrons. The standard InChI is InChI=1S/C22H28BN3O4S/c1-14-10-17(31(27,28)26(6)7)8-9-18(14)16-11-15-12-19(25-20(15)24-13-16)23-29-21(2,3)22(4,5)30-23/h8-13H,1-7H3,(H,24,25). The highest BCUT2D eigenvalue weighted by Gasteiger charge is 2.52. The van der Waals surface area contributed by atoms with E-state index in [9.17, 15) is 8.42 Å². The van der Waals surface area contributed by atoms with Crippen molar-refractivity contribution in [3.05, 3.63) is 42.1 Å². The minimum Gasteiger partial charge on any atom is -0.398 e. The molecule has 0 aliphatic carbocycles. The van der Waals surface area contributed by atoms with Gasteiger partial charge in [-0.2, -0.15) is 0 Å². The number of aromatic nitrogens is 2. The number of nitrogens with one attached hydrogen (secondary N) is 1. The second kappa shape index (κ2) is 7.16. The highest BCUT2D eigenvalue weighted by molar-refractivity contribution is 7.89. The number of benzene rings is 1. The third-order valence-corrected chi connectivity index (χ3v) is 8.10. The van der Waals surface area contributed by atoms with Crippen LogP contribution in [0.15, 0.2) is 41.4 Å². The average Bonchev–Trinajstić information content (AvgIpc) is 3.18. The third-order valence-electron chi connectivity index (χ3n) is 6.29. The fourth-order valence-corrected chi connectivity index (χ4v) is 4.60. The zero-order chi connectivity index (χ0) is 22.8. The summed E-state index contributed by atoms with van der Waals surface area (Å²) in [4.78, 5) is 8.15. The summed E-state index contributed by atoms with van der Waals surface area (Å²) >= 11 is 0. The van der Waals surface area contributed by atoms with Crippen LogP contribution in [0.25, 0.3) is 22.2 Å². The molecule has 1 N–H and O–H groups in total. The normalized spacial score (nSPS) is 18.3. The van der Waals surface area contributed by atoms with Crippen LogP contribution in [0.1, 0.15) is 33.3 Å². The predicted octanol–water partition coefficient (Wildman–Crippen LogP) is 3.09. The van der Waals surface area contributed by atoms with Crippen molar-refractivity contribution in [2.24, 2.45) is 0 Å². The molecule has 0 amide bonds. The van der Waals surface area contributed by atoms with Gasteiger partial charge in [0.25, 0.3) is 0 Å². The lowest BCUT2D eigenvalue weighted by Gasteiger charge is -2.32. The monoisotopic (exact) mass is 441 g/mol. The van der Waals surface area contributed by atoms with Gasteiger partial charge in [0.2, 0.25) is 10.0 Å². The lowest BCUT2D eigenvalue weighted by Crippen LogP contribution is -2.41. The van der Waals surface area contributed by atoms with Gasteiger partial charge in [-0.05, 0) is 70.0 Å². The van der Waals surface area contributed by atoms with E-state index in [2.05, 4.69) is 9.97 Å². The van der Waals surface area contributed by atoms with E-state index < -0.39 is 28.3 Å². The molecule has 2 aromatic heterocycles. The third kappa shape index (κ3) is 3.69. The smallest absolute Gasteiger partial charge is 0.398 e. The summed E-state index contributed by atoms with van der Waals surface area (Å²) in [7, 11) is -0.904. The van der Waals surface area contributed by atoms with Crippen LogP contribution in [0.2, 0.25) is 0 Å². The van der Waals surface area contributed by atoms with Crippen LogP contribution in [0.5, 0.6) is 0 Å². The van der Waals surface area contributed by atoms with Crippen molar-refractivity contribution in [2.75, 3.05) is 14.1 Å². The number of pyridine rings is 1. The van der Waals surface area contributed by atoms with E-state index in [1.807, 2.05) is 52.8 Å². The molecule has 3 aromatic rings. The fourth-order valence-electron chi connectivity index (χ4n) is 3.61. The summed E-state index contributed by atoms with van der Waals surface area (Å²) in [6.07, 6.45) is 1.79. The second-order valence-corrected chi connectivity index (χ2v) is 11.4. The first-order valence-electron chi connectivity index (χ1n) is 10.2. The summed E-state index contributed by atoms with van der Waals surface area (Å²) in [5, 5.41) is 0.937. The minimum atomic E-state index is -3.47. The molecule has 0 spiro atoms. The lowest BCUT2D eigenvalue weighted by molar-refractivity contribution is 0.00578. The number of nitrogens with zero attached hydrogens (tertiary/aromatic N) is 2. The topological polar surface area (TPSA) is 84.5 Å². The van der Waals surface area contributed by atoms with E-state index in [0.717, 1.165) is 33.3 Å². The number of hydrogen-bond acceptors (Lipinski definition) is 5. The van der Waals surface area contributed by atoms with Gasteiger partial charge in [0.05, 0.1) is 16.1 Å². The zero-order valence-corrected chi connectivity index (χ0v) is 19.8. The summed E-state index contributed by atoms with van der Waals surface area (Å²) in [5.41, 5.74) is 3.45. The molecular weight excluding hydrogens is 413 g/mol. The van der Waals surface area contributed by atoms with E-state index in [-0.39, 0.29) is 4.90 Å². The van der Waals surface area contributed by atoms with Gasteiger partial charge in [0.15, 0.2) is 0 Å². The SMILES string of the molecule is Cc1cc(S(=O)(=O)N(C)C)ccc1-c1cnc2[nH]c(B3OC(C)(C)C(C)(C)O3)cc2c1. The minimum absolute atomic E-state index is 0.275. The molecule has 0 saturated carbocycles. The molecule has 4 rings (SSSR count). The molecule has 0 bridgehead atoms. The van der Waals surface area contributed by atoms with Crippen molar-refractivity contribution in [2.45, 2.75) is 50.7 Å². The highest BCUT2D eigenvalue weighted by atomic mass is 32.2. The summed E-state index contributed by atoms with van der Waals surface area (Å²) in [6.45, 7) is 9.99. The van der Waals surface area contributed by atoms with E-state index in [1.165, 1.54) is 18.4 Å². The average molecular weight is 441 g/mol. The van der Waals surface area contributed by atoms with Crippen molar-refractivity contribution < 1.29 is 17.7 Å². The van der Waals surface area contributed by atoms with Crippen molar-refractivity contribution in [3.8, 4) is 11.1 Å². The maximum absolute atomic E-state index is 12.4. The summed E-state index contributed by atoms with van der Waals surface area (Å²) in [5.74, 6) is 0. The predicted molar refractivity (Wildman–Crippen MR) is 123 cm³/mol. The molecule has 3 heterocycles. The number of aromatic amines is 1. The highest BCUT2D eigenvalue weighted by Crippen LogP contribution is 2.36. The molecule has 31 heavy (non-hydrogen) atoms. The molecule has 0 unspecified atom stereocenters. The Hall–Kier alpha value is -2.20. The van der Waals surface area contributed by atoms with Gasteiger partial charge >= 0.3 is 7.12 Å². The van der Waals surface area contributed by atoms with Gasteiger partial charge in [0, 0.05) is 36.8 Å². The van der Waals surface area contributed by atoms with Crippen LogP contribution in [0, 0.1) is 6.92 Å². The molecule has 1 fully saturated rings. The molecule has 7 nitrogen and oxygen atoms in total. The van der Waals surface area contributed by atoms with E-state index in [1.54, 1.807) is 18.3 Å².